The smallest absolute Gasteiger partial charge is 0.119 e. The highest BCUT2D eigenvalue weighted by molar-refractivity contribution is 5.28. The first-order valence-corrected chi connectivity index (χ1v) is 7.22. The second kappa shape index (κ2) is 6.79. The summed E-state index contributed by atoms with van der Waals surface area (Å²) in [5, 5.41) is 3.52. The second-order valence-electron chi connectivity index (χ2n) is 5.51. The minimum Gasteiger partial charge on any atom is -0.494 e. The first-order valence-electron chi connectivity index (χ1n) is 7.22. The van der Waals surface area contributed by atoms with Gasteiger partial charge in [-0.2, -0.15) is 0 Å². The Morgan fingerprint density at radius 3 is 2.50 bits per heavy atom. The molecule has 1 fully saturated rings. The monoisotopic (exact) mass is 247 g/mol. The Bertz CT molecular complexity index is 341. The van der Waals surface area contributed by atoms with Crippen LogP contribution in [-0.4, -0.2) is 19.2 Å². The van der Waals surface area contributed by atoms with Gasteiger partial charge < -0.3 is 10.1 Å². The van der Waals surface area contributed by atoms with Crippen LogP contribution in [0.2, 0.25) is 0 Å². The highest BCUT2D eigenvalue weighted by Gasteiger charge is 2.19. The lowest BCUT2D eigenvalue weighted by Crippen LogP contribution is -2.17. The minimum atomic E-state index is 0.590. The van der Waals surface area contributed by atoms with Gasteiger partial charge in [0.2, 0.25) is 0 Å². The van der Waals surface area contributed by atoms with Crippen molar-refractivity contribution in [3.8, 4) is 5.75 Å². The Hall–Kier alpha value is -1.02. The lowest BCUT2D eigenvalue weighted by atomic mass is 10.0. The summed E-state index contributed by atoms with van der Waals surface area (Å²) in [6.45, 7) is 6.39. The summed E-state index contributed by atoms with van der Waals surface area (Å²) in [5.74, 6) is 1.59. The molecule has 1 aliphatic carbocycles. The zero-order chi connectivity index (χ0) is 12.8. The molecule has 0 heterocycles. The fourth-order valence-electron chi connectivity index (χ4n) is 1.96. The van der Waals surface area contributed by atoms with Crippen LogP contribution in [0.1, 0.15) is 51.0 Å². The van der Waals surface area contributed by atoms with Crippen LogP contribution in [0.3, 0.4) is 0 Å². The number of ether oxygens (including phenoxy) is 1. The highest BCUT2D eigenvalue weighted by atomic mass is 16.5. The fraction of sp³-hybridized carbons (Fsp3) is 0.625. The lowest BCUT2D eigenvalue weighted by molar-refractivity contribution is 0.305. The van der Waals surface area contributed by atoms with Crippen molar-refractivity contribution in [2.24, 2.45) is 0 Å². The van der Waals surface area contributed by atoms with E-state index < -0.39 is 0 Å². The van der Waals surface area contributed by atoms with Crippen molar-refractivity contribution in [3.05, 3.63) is 29.8 Å². The molecule has 0 spiro atoms. The molecule has 0 radical (unpaired) electrons. The van der Waals surface area contributed by atoms with Gasteiger partial charge in [-0.15, -0.1) is 0 Å². The van der Waals surface area contributed by atoms with Crippen molar-refractivity contribution in [3.63, 3.8) is 0 Å². The van der Waals surface area contributed by atoms with Gasteiger partial charge in [0.05, 0.1) is 6.61 Å². The van der Waals surface area contributed by atoms with Crippen LogP contribution in [0, 0.1) is 0 Å². The second-order valence-corrected chi connectivity index (χ2v) is 5.51. The van der Waals surface area contributed by atoms with Crippen LogP contribution in [0.25, 0.3) is 0 Å². The number of benzene rings is 1. The summed E-state index contributed by atoms with van der Waals surface area (Å²) in [7, 11) is 0. The molecule has 1 aliphatic rings. The molecule has 2 heteroatoms. The van der Waals surface area contributed by atoms with Crippen molar-refractivity contribution in [1.29, 1.82) is 0 Å². The summed E-state index contributed by atoms with van der Waals surface area (Å²) in [5.41, 5.74) is 1.37. The van der Waals surface area contributed by atoms with Crippen LogP contribution in [0.4, 0.5) is 0 Å². The van der Waals surface area contributed by atoms with E-state index in [4.69, 9.17) is 4.74 Å². The van der Waals surface area contributed by atoms with Gasteiger partial charge in [0.15, 0.2) is 0 Å². The van der Waals surface area contributed by atoms with E-state index in [1.54, 1.807) is 0 Å². The minimum absolute atomic E-state index is 0.590. The molecule has 0 amide bonds. The summed E-state index contributed by atoms with van der Waals surface area (Å²) in [6.07, 6.45) is 5.09. The van der Waals surface area contributed by atoms with Crippen LogP contribution in [-0.2, 0) is 0 Å². The third-order valence-electron chi connectivity index (χ3n) is 3.40. The van der Waals surface area contributed by atoms with Crippen molar-refractivity contribution in [2.75, 3.05) is 13.2 Å². The predicted molar refractivity (Wildman–Crippen MR) is 76.3 cm³/mol. The van der Waals surface area contributed by atoms with E-state index in [9.17, 15) is 0 Å². The normalized spacial score (nSPS) is 15.1. The number of rotatable bonds is 8. The summed E-state index contributed by atoms with van der Waals surface area (Å²) < 4.78 is 5.74. The van der Waals surface area contributed by atoms with Crippen LogP contribution in [0.15, 0.2) is 24.3 Å². The summed E-state index contributed by atoms with van der Waals surface area (Å²) >= 11 is 0. The molecule has 1 aromatic rings. The number of unbranched alkanes of at least 4 members (excludes halogenated alkanes) is 1. The van der Waals surface area contributed by atoms with Crippen molar-refractivity contribution in [2.45, 2.75) is 51.5 Å². The van der Waals surface area contributed by atoms with Crippen molar-refractivity contribution >= 4 is 0 Å². The molecule has 1 N–H and O–H groups in total. The molecular formula is C16H25NO. The maximum atomic E-state index is 5.74. The topological polar surface area (TPSA) is 21.3 Å². The SMILES string of the molecule is CC(C)c1ccc(OCCCCNC2CC2)cc1. The van der Waals surface area contributed by atoms with Crippen LogP contribution in [0.5, 0.6) is 5.75 Å². The van der Waals surface area contributed by atoms with E-state index in [0.29, 0.717) is 5.92 Å². The fourth-order valence-corrected chi connectivity index (χ4v) is 1.96. The molecular weight excluding hydrogens is 222 g/mol. The summed E-state index contributed by atoms with van der Waals surface area (Å²) in [4.78, 5) is 0. The van der Waals surface area contributed by atoms with E-state index in [1.165, 1.54) is 24.8 Å². The van der Waals surface area contributed by atoms with Crippen LogP contribution < -0.4 is 10.1 Å². The molecule has 0 bridgehead atoms. The zero-order valence-electron chi connectivity index (χ0n) is 11.6. The summed E-state index contributed by atoms with van der Waals surface area (Å²) in [6, 6.07) is 9.31. The molecule has 1 aromatic carbocycles. The van der Waals surface area contributed by atoms with Gasteiger partial charge in [0.25, 0.3) is 0 Å². The van der Waals surface area contributed by atoms with E-state index >= 15 is 0 Å². The predicted octanol–water partition coefficient (Wildman–Crippen LogP) is 3.72. The molecule has 0 saturated heterocycles. The third kappa shape index (κ3) is 4.69. The zero-order valence-corrected chi connectivity index (χ0v) is 11.6. The Kier molecular flexibility index (Phi) is 5.06. The van der Waals surface area contributed by atoms with Gasteiger partial charge in [-0.1, -0.05) is 26.0 Å². The van der Waals surface area contributed by atoms with Gasteiger partial charge in [0.1, 0.15) is 5.75 Å². The van der Waals surface area contributed by atoms with Gasteiger partial charge in [-0.25, -0.2) is 0 Å². The first-order chi connectivity index (χ1) is 8.75. The van der Waals surface area contributed by atoms with E-state index in [-0.39, 0.29) is 0 Å². The first kappa shape index (κ1) is 13.4. The Labute approximate surface area is 111 Å². The van der Waals surface area contributed by atoms with E-state index in [0.717, 1.165) is 31.4 Å². The maximum absolute atomic E-state index is 5.74. The van der Waals surface area contributed by atoms with Crippen LogP contribution >= 0.6 is 0 Å². The molecule has 1 saturated carbocycles. The number of hydrogen-bond donors (Lipinski definition) is 1. The molecule has 0 unspecified atom stereocenters. The molecule has 2 nitrogen and oxygen atoms in total. The Balaban J connectivity index is 1.57. The van der Waals surface area contributed by atoms with Gasteiger partial charge in [-0.3, -0.25) is 0 Å². The number of hydrogen-bond acceptors (Lipinski definition) is 2. The third-order valence-corrected chi connectivity index (χ3v) is 3.40. The maximum Gasteiger partial charge on any atom is 0.119 e. The van der Waals surface area contributed by atoms with Crippen molar-refractivity contribution in [1.82, 2.24) is 5.32 Å². The Morgan fingerprint density at radius 2 is 1.89 bits per heavy atom. The molecule has 18 heavy (non-hydrogen) atoms. The van der Waals surface area contributed by atoms with Gasteiger partial charge in [-0.05, 0) is 55.8 Å². The largest absolute Gasteiger partial charge is 0.494 e. The molecule has 0 atom stereocenters. The van der Waals surface area contributed by atoms with Gasteiger partial charge >= 0.3 is 0 Å². The lowest BCUT2D eigenvalue weighted by Gasteiger charge is -2.09. The quantitative estimate of drug-likeness (QED) is 0.707. The van der Waals surface area contributed by atoms with E-state index in [2.05, 4.69) is 43.4 Å². The van der Waals surface area contributed by atoms with Crippen molar-refractivity contribution < 1.29 is 4.74 Å². The average Bonchev–Trinajstić information content (AvgIpc) is 3.18. The highest BCUT2D eigenvalue weighted by Crippen LogP contribution is 2.19. The molecule has 100 valence electrons. The van der Waals surface area contributed by atoms with E-state index in [1.807, 2.05) is 0 Å². The Morgan fingerprint density at radius 1 is 1.17 bits per heavy atom. The average molecular weight is 247 g/mol. The molecule has 0 aromatic heterocycles. The molecule has 2 rings (SSSR count). The number of nitrogens with one attached hydrogen (secondary N) is 1. The van der Waals surface area contributed by atoms with Gasteiger partial charge in [0, 0.05) is 6.04 Å². The standard InChI is InChI=1S/C16H25NO/c1-13(2)14-5-9-16(10-6-14)18-12-4-3-11-17-15-7-8-15/h5-6,9-10,13,15,17H,3-4,7-8,11-12H2,1-2H3. The molecule has 0 aliphatic heterocycles.